The lowest BCUT2D eigenvalue weighted by Crippen LogP contribution is -2.08. The van der Waals surface area contributed by atoms with Crippen LogP contribution in [0.15, 0.2) is 42.5 Å². The predicted molar refractivity (Wildman–Crippen MR) is 81.2 cm³/mol. The molecule has 0 unspecified atom stereocenters. The molecule has 2 aromatic carbocycles. The molecule has 0 spiro atoms. The number of benzene rings is 2. The molecule has 4 N–H and O–H groups in total. The van der Waals surface area contributed by atoms with Gasteiger partial charge in [-0.05, 0) is 37.1 Å². The number of aryl methyl sites for hydroxylation is 1. The van der Waals surface area contributed by atoms with Crippen LogP contribution in [0.4, 0.5) is 11.4 Å². The van der Waals surface area contributed by atoms with Crippen LogP contribution in [0.5, 0.6) is 0 Å². The fourth-order valence-corrected chi connectivity index (χ4v) is 2.05. The van der Waals surface area contributed by atoms with Crippen molar-refractivity contribution in [3.8, 4) is 0 Å². The van der Waals surface area contributed by atoms with E-state index in [4.69, 9.17) is 10.8 Å². The van der Waals surface area contributed by atoms with Gasteiger partial charge in [-0.3, -0.25) is 0 Å². The van der Waals surface area contributed by atoms with Crippen molar-refractivity contribution in [1.82, 2.24) is 0 Å². The van der Waals surface area contributed by atoms with Crippen LogP contribution in [0.3, 0.4) is 0 Å². The molecule has 0 aromatic heterocycles. The van der Waals surface area contributed by atoms with E-state index in [-0.39, 0.29) is 5.56 Å². The fraction of sp³-hybridized carbons (Fsp3) is 0.188. The largest absolute Gasteiger partial charge is 0.478 e. The summed E-state index contributed by atoms with van der Waals surface area (Å²) in [5.41, 5.74) is 9.76. The number of hydrogen-bond donors (Lipinski definition) is 3. The Bertz CT molecular complexity index is 624. The van der Waals surface area contributed by atoms with Gasteiger partial charge in [-0.15, -0.1) is 0 Å². The van der Waals surface area contributed by atoms with Crippen LogP contribution in [0.2, 0.25) is 0 Å². The molecule has 0 aliphatic carbocycles. The van der Waals surface area contributed by atoms with Crippen LogP contribution in [-0.4, -0.2) is 17.6 Å². The predicted octanol–water partition coefficient (Wildman–Crippen LogP) is 2.93. The second kappa shape index (κ2) is 6.10. The number of carbonyl (C=O) groups is 1. The first-order valence-corrected chi connectivity index (χ1v) is 6.48. The van der Waals surface area contributed by atoms with E-state index in [9.17, 15) is 4.79 Å². The second-order valence-electron chi connectivity index (χ2n) is 4.77. The number of carboxylic acid groups (broad SMARTS) is 1. The summed E-state index contributed by atoms with van der Waals surface area (Å²) in [5.74, 6) is -0.952. The summed E-state index contributed by atoms with van der Waals surface area (Å²) < 4.78 is 0. The van der Waals surface area contributed by atoms with E-state index in [0.717, 1.165) is 6.42 Å². The smallest absolute Gasteiger partial charge is 0.335 e. The highest BCUT2D eigenvalue weighted by Crippen LogP contribution is 2.20. The van der Waals surface area contributed by atoms with Crippen molar-refractivity contribution in [2.45, 2.75) is 13.3 Å². The number of rotatable bonds is 5. The van der Waals surface area contributed by atoms with Crippen molar-refractivity contribution < 1.29 is 9.90 Å². The average Bonchev–Trinajstić information content (AvgIpc) is 2.40. The molecule has 0 atom stereocenters. The molecule has 20 heavy (non-hydrogen) atoms. The molecule has 0 saturated heterocycles. The van der Waals surface area contributed by atoms with Gasteiger partial charge in [-0.25, -0.2) is 4.79 Å². The summed E-state index contributed by atoms with van der Waals surface area (Å²) in [4.78, 5) is 10.9. The highest BCUT2D eigenvalue weighted by molar-refractivity contribution is 5.90. The van der Waals surface area contributed by atoms with Gasteiger partial charge >= 0.3 is 5.97 Å². The van der Waals surface area contributed by atoms with Gasteiger partial charge in [0, 0.05) is 6.54 Å². The molecule has 0 amide bonds. The Labute approximate surface area is 118 Å². The first kappa shape index (κ1) is 13.9. The van der Waals surface area contributed by atoms with E-state index < -0.39 is 5.97 Å². The first-order valence-electron chi connectivity index (χ1n) is 6.48. The van der Waals surface area contributed by atoms with Crippen LogP contribution in [0, 0.1) is 6.92 Å². The zero-order valence-electron chi connectivity index (χ0n) is 11.4. The summed E-state index contributed by atoms with van der Waals surface area (Å²) in [5, 5.41) is 12.2. The van der Waals surface area contributed by atoms with Crippen LogP contribution >= 0.6 is 0 Å². The number of aromatic carboxylic acids is 1. The third-order valence-corrected chi connectivity index (χ3v) is 3.11. The van der Waals surface area contributed by atoms with Gasteiger partial charge in [0.15, 0.2) is 0 Å². The maximum Gasteiger partial charge on any atom is 0.335 e. The third-order valence-electron chi connectivity index (χ3n) is 3.11. The fourth-order valence-electron chi connectivity index (χ4n) is 2.05. The molecule has 0 heterocycles. The van der Waals surface area contributed by atoms with E-state index in [2.05, 4.69) is 30.4 Å². The molecular formula is C16H18N2O2. The highest BCUT2D eigenvalue weighted by atomic mass is 16.4. The Kier molecular flexibility index (Phi) is 4.25. The monoisotopic (exact) mass is 270 g/mol. The SMILES string of the molecule is Cc1cccc(CCNc2cc(C(=O)O)ccc2N)c1. The van der Waals surface area contributed by atoms with Crippen molar-refractivity contribution in [1.29, 1.82) is 0 Å². The summed E-state index contributed by atoms with van der Waals surface area (Å²) in [6.45, 7) is 2.77. The molecule has 2 rings (SSSR count). The summed E-state index contributed by atoms with van der Waals surface area (Å²) in [7, 11) is 0. The minimum Gasteiger partial charge on any atom is -0.478 e. The zero-order valence-corrected chi connectivity index (χ0v) is 11.4. The maximum absolute atomic E-state index is 10.9. The molecule has 2 aromatic rings. The van der Waals surface area contributed by atoms with Crippen LogP contribution in [-0.2, 0) is 6.42 Å². The zero-order chi connectivity index (χ0) is 14.5. The van der Waals surface area contributed by atoms with E-state index in [1.54, 1.807) is 12.1 Å². The normalized spacial score (nSPS) is 10.2. The summed E-state index contributed by atoms with van der Waals surface area (Å²) >= 11 is 0. The quantitative estimate of drug-likeness (QED) is 0.730. The summed E-state index contributed by atoms with van der Waals surface area (Å²) in [6, 6.07) is 13.0. The summed E-state index contributed by atoms with van der Waals surface area (Å²) in [6.07, 6.45) is 0.860. The van der Waals surface area contributed by atoms with Gasteiger partial charge in [-0.1, -0.05) is 29.8 Å². The van der Waals surface area contributed by atoms with Crippen LogP contribution < -0.4 is 11.1 Å². The molecule has 4 nitrogen and oxygen atoms in total. The van der Waals surface area contributed by atoms with Crippen molar-refractivity contribution in [3.05, 3.63) is 59.2 Å². The van der Waals surface area contributed by atoms with E-state index in [1.807, 2.05) is 6.07 Å². The Balaban J connectivity index is 2.00. The minimum absolute atomic E-state index is 0.234. The number of hydrogen-bond acceptors (Lipinski definition) is 3. The van der Waals surface area contributed by atoms with Crippen molar-refractivity contribution >= 4 is 17.3 Å². The number of anilines is 2. The van der Waals surface area contributed by atoms with Gasteiger partial charge in [0.1, 0.15) is 0 Å². The average molecular weight is 270 g/mol. The lowest BCUT2D eigenvalue weighted by Gasteiger charge is -2.10. The number of nitrogens with one attached hydrogen (secondary N) is 1. The van der Waals surface area contributed by atoms with Gasteiger partial charge in [0.25, 0.3) is 0 Å². The topological polar surface area (TPSA) is 75.3 Å². The highest BCUT2D eigenvalue weighted by Gasteiger charge is 2.06. The van der Waals surface area contributed by atoms with Gasteiger partial charge in [-0.2, -0.15) is 0 Å². The molecule has 0 aliphatic rings. The van der Waals surface area contributed by atoms with Gasteiger partial charge < -0.3 is 16.2 Å². The molecule has 104 valence electrons. The number of nitrogens with two attached hydrogens (primary N) is 1. The molecule has 0 saturated carbocycles. The molecule has 4 heteroatoms. The second-order valence-corrected chi connectivity index (χ2v) is 4.77. The van der Waals surface area contributed by atoms with Crippen molar-refractivity contribution in [2.75, 3.05) is 17.6 Å². The van der Waals surface area contributed by atoms with E-state index in [0.29, 0.717) is 17.9 Å². The first-order chi connectivity index (χ1) is 9.56. The van der Waals surface area contributed by atoms with Crippen LogP contribution in [0.1, 0.15) is 21.5 Å². The third kappa shape index (κ3) is 3.51. The minimum atomic E-state index is -0.952. The standard InChI is InChI=1S/C16H18N2O2/c1-11-3-2-4-12(9-11)7-8-18-15-10-13(16(19)20)5-6-14(15)17/h2-6,9-10,18H,7-8,17H2,1H3,(H,19,20). The van der Waals surface area contributed by atoms with E-state index >= 15 is 0 Å². The lowest BCUT2D eigenvalue weighted by molar-refractivity contribution is 0.0697. The van der Waals surface area contributed by atoms with Crippen molar-refractivity contribution in [2.24, 2.45) is 0 Å². The number of carboxylic acids is 1. The van der Waals surface area contributed by atoms with Crippen LogP contribution in [0.25, 0.3) is 0 Å². The molecule has 0 radical (unpaired) electrons. The molecular weight excluding hydrogens is 252 g/mol. The van der Waals surface area contributed by atoms with Crippen molar-refractivity contribution in [3.63, 3.8) is 0 Å². The molecule has 0 aliphatic heterocycles. The molecule has 0 fully saturated rings. The lowest BCUT2D eigenvalue weighted by atomic mass is 10.1. The Morgan fingerprint density at radius 3 is 2.75 bits per heavy atom. The Morgan fingerprint density at radius 2 is 2.05 bits per heavy atom. The maximum atomic E-state index is 10.9. The Hall–Kier alpha value is -2.49. The Morgan fingerprint density at radius 1 is 1.25 bits per heavy atom. The van der Waals surface area contributed by atoms with E-state index in [1.165, 1.54) is 17.2 Å². The van der Waals surface area contributed by atoms with Gasteiger partial charge in [0.2, 0.25) is 0 Å². The molecule has 0 bridgehead atoms. The van der Waals surface area contributed by atoms with Gasteiger partial charge in [0.05, 0.1) is 16.9 Å². The number of nitrogen functional groups attached to an aromatic ring is 1.